The number of thiophene rings is 1. The van der Waals surface area contributed by atoms with E-state index in [1.165, 1.54) is 17.4 Å². The van der Waals surface area contributed by atoms with Crippen LogP contribution < -0.4 is 9.64 Å². The van der Waals surface area contributed by atoms with Crippen LogP contribution in [0.25, 0.3) is 0 Å². The van der Waals surface area contributed by atoms with Crippen molar-refractivity contribution in [3.8, 4) is 5.06 Å². The molecule has 32 heavy (non-hydrogen) atoms. The largest absolute Gasteiger partial charge is 0.416 e. The Labute approximate surface area is 202 Å². The van der Waals surface area contributed by atoms with Gasteiger partial charge in [-0.2, -0.15) is 0 Å². The summed E-state index contributed by atoms with van der Waals surface area (Å²) in [6, 6.07) is 7.76. The summed E-state index contributed by atoms with van der Waals surface area (Å²) >= 11 is 14.1. The average molecular weight is 496 g/mol. The molecule has 172 valence electrons. The first kappa shape index (κ1) is 23.4. The Morgan fingerprint density at radius 3 is 2.62 bits per heavy atom. The van der Waals surface area contributed by atoms with Crippen molar-refractivity contribution in [1.82, 2.24) is 9.80 Å². The van der Waals surface area contributed by atoms with Crippen molar-refractivity contribution in [2.24, 2.45) is 0 Å². The number of nitrogens with zero attached hydrogens (tertiary/aromatic N) is 3. The molecule has 2 aliphatic rings. The molecule has 4 rings (SSSR count). The second-order valence-electron chi connectivity index (χ2n) is 8.32. The van der Waals surface area contributed by atoms with Gasteiger partial charge in [0, 0.05) is 63.5 Å². The van der Waals surface area contributed by atoms with Gasteiger partial charge in [-0.15, -0.1) is 11.3 Å². The molecule has 6 nitrogen and oxygen atoms in total. The van der Waals surface area contributed by atoms with Gasteiger partial charge in [-0.3, -0.25) is 14.5 Å². The predicted molar refractivity (Wildman–Crippen MR) is 129 cm³/mol. The van der Waals surface area contributed by atoms with Gasteiger partial charge in [0.25, 0.3) is 0 Å². The van der Waals surface area contributed by atoms with Crippen LogP contribution in [0.1, 0.15) is 30.7 Å². The maximum atomic E-state index is 13.0. The quantitative estimate of drug-likeness (QED) is 0.572. The third-order valence-electron chi connectivity index (χ3n) is 6.12. The fourth-order valence-corrected chi connectivity index (χ4v) is 5.81. The molecule has 1 fully saturated rings. The van der Waals surface area contributed by atoms with Crippen LogP contribution in [-0.4, -0.2) is 60.4 Å². The molecule has 1 aromatic heterocycles. The number of anilines is 1. The monoisotopic (exact) mass is 495 g/mol. The zero-order valence-electron chi connectivity index (χ0n) is 18.3. The molecule has 1 unspecified atom stereocenters. The van der Waals surface area contributed by atoms with E-state index in [4.69, 9.17) is 27.9 Å². The molecule has 1 aromatic carbocycles. The van der Waals surface area contributed by atoms with E-state index >= 15 is 0 Å². The Hall–Kier alpha value is -1.80. The highest BCUT2D eigenvalue weighted by Gasteiger charge is 2.28. The van der Waals surface area contributed by atoms with Crippen LogP contribution in [0.4, 0.5) is 5.69 Å². The lowest BCUT2D eigenvalue weighted by atomic mass is 10.1. The molecule has 1 amide bonds. The van der Waals surface area contributed by atoms with Crippen molar-refractivity contribution in [2.75, 3.05) is 37.6 Å². The molecular formula is C23H27Cl2N3O3S. The summed E-state index contributed by atoms with van der Waals surface area (Å²) in [4.78, 5) is 31.9. The molecule has 0 spiro atoms. The number of piperazine rings is 1. The van der Waals surface area contributed by atoms with Crippen LogP contribution in [-0.2, 0) is 22.6 Å². The predicted octanol–water partition coefficient (Wildman–Crippen LogP) is 4.47. The van der Waals surface area contributed by atoms with Gasteiger partial charge in [-0.1, -0.05) is 29.3 Å². The van der Waals surface area contributed by atoms with E-state index < -0.39 is 0 Å². The number of hydrogen-bond acceptors (Lipinski definition) is 6. The van der Waals surface area contributed by atoms with E-state index in [2.05, 4.69) is 16.7 Å². The number of carbonyl (C=O) groups is 2. The van der Waals surface area contributed by atoms with E-state index in [-0.39, 0.29) is 17.9 Å². The number of esters is 1. The first-order valence-corrected chi connectivity index (χ1v) is 12.4. The molecular weight excluding hydrogens is 469 g/mol. The Morgan fingerprint density at radius 1 is 1.16 bits per heavy atom. The highest BCUT2D eigenvalue weighted by molar-refractivity contribution is 7.14. The normalized spacial score (nSPS) is 17.8. The average Bonchev–Trinajstić information content (AvgIpc) is 3.16. The van der Waals surface area contributed by atoms with Crippen molar-refractivity contribution < 1.29 is 14.3 Å². The highest BCUT2D eigenvalue weighted by Crippen LogP contribution is 2.35. The molecule has 1 saturated heterocycles. The van der Waals surface area contributed by atoms with E-state index in [0.717, 1.165) is 38.3 Å². The zero-order chi connectivity index (χ0) is 22.8. The summed E-state index contributed by atoms with van der Waals surface area (Å²) in [7, 11) is 0. The summed E-state index contributed by atoms with van der Waals surface area (Å²) < 4.78 is 5.24. The summed E-state index contributed by atoms with van der Waals surface area (Å²) in [6.45, 7) is 8.04. The van der Waals surface area contributed by atoms with Crippen molar-refractivity contribution >= 4 is 52.1 Å². The number of amides is 1. The first-order chi connectivity index (χ1) is 15.3. The van der Waals surface area contributed by atoms with Gasteiger partial charge in [0.05, 0.1) is 15.7 Å². The smallest absolute Gasteiger partial charge is 0.308 e. The van der Waals surface area contributed by atoms with Crippen molar-refractivity contribution in [3.63, 3.8) is 0 Å². The van der Waals surface area contributed by atoms with Gasteiger partial charge in [0.15, 0.2) is 5.06 Å². The number of halogens is 2. The zero-order valence-corrected chi connectivity index (χ0v) is 20.6. The minimum atomic E-state index is -0.294. The molecule has 0 radical (unpaired) electrons. The van der Waals surface area contributed by atoms with E-state index in [0.29, 0.717) is 34.6 Å². The third kappa shape index (κ3) is 5.22. The fraction of sp³-hybridized carbons (Fsp3) is 0.478. The third-order valence-corrected chi connectivity index (χ3v) is 8.04. The fourth-order valence-electron chi connectivity index (χ4n) is 4.34. The van der Waals surface area contributed by atoms with Crippen molar-refractivity contribution in [1.29, 1.82) is 0 Å². The lowest BCUT2D eigenvalue weighted by Gasteiger charge is -2.38. The van der Waals surface area contributed by atoms with Gasteiger partial charge >= 0.3 is 5.97 Å². The molecule has 1 atom stereocenters. The van der Waals surface area contributed by atoms with Crippen LogP contribution in [0.3, 0.4) is 0 Å². The summed E-state index contributed by atoms with van der Waals surface area (Å²) in [5.41, 5.74) is 2.12. The number of fused-ring (bicyclic) bond motifs is 1. The number of benzene rings is 1. The molecule has 0 N–H and O–H groups in total. The highest BCUT2D eigenvalue weighted by atomic mass is 35.5. The van der Waals surface area contributed by atoms with Gasteiger partial charge < -0.3 is 14.5 Å². The van der Waals surface area contributed by atoms with Crippen molar-refractivity contribution in [2.45, 2.75) is 39.3 Å². The van der Waals surface area contributed by atoms with Crippen LogP contribution in [0.2, 0.25) is 10.0 Å². The van der Waals surface area contributed by atoms with Crippen LogP contribution >= 0.6 is 34.5 Å². The van der Waals surface area contributed by atoms with Gasteiger partial charge in [-0.25, -0.2) is 0 Å². The van der Waals surface area contributed by atoms with E-state index in [9.17, 15) is 9.59 Å². The Balaban J connectivity index is 1.29. The molecule has 2 aromatic rings. The molecule has 2 aliphatic heterocycles. The summed E-state index contributed by atoms with van der Waals surface area (Å²) in [5, 5.41) is 1.77. The minimum Gasteiger partial charge on any atom is -0.416 e. The summed E-state index contributed by atoms with van der Waals surface area (Å²) in [5.74, 6) is -0.108. The molecule has 9 heteroatoms. The Morgan fingerprint density at radius 2 is 1.91 bits per heavy atom. The molecule has 0 saturated carbocycles. The van der Waals surface area contributed by atoms with E-state index in [1.807, 2.05) is 23.1 Å². The van der Waals surface area contributed by atoms with Crippen molar-refractivity contribution in [3.05, 3.63) is 44.8 Å². The molecule has 3 heterocycles. The number of hydrogen-bond donors (Lipinski definition) is 0. The second-order valence-corrected chi connectivity index (χ2v) is 10.2. The molecule has 0 bridgehead atoms. The lowest BCUT2D eigenvalue weighted by molar-refractivity contribution is -0.133. The van der Waals surface area contributed by atoms with E-state index in [1.54, 1.807) is 17.4 Å². The number of carbonyl (C=O) groups excluding carboxylic acids is 2. The first-order valence-electron chi connectivity index (χ1n) is 10.8. The van der Waals surface area contributed by atoms with Crippen LogP contribution in [0.5, 0.6) is 5.06 Å². The minimum absolute atomic E-state index is 0.146. The Bertz CT molecular complexity index is 1000. The maximum absolute atomic E-state index is 13.0. The Kier molecular flexibility index (Phi) is 7.30. The number of rotatable bonds is 5. The summed E-state index contributed by atoms with van der Waals surface area (Å²) in [6.07, 6.45) is 1.41. The lowest BCUT2D eigenvalue weighted by Crippen LogP contribution is -2.50. The topological polar surface area (TPSA) is 53.1 Å². The second kappa shape index (κ2) is 10.00. The van der Waals surface area contributed by atoms with Crippen LogP contribution in [0, 0.1) is 0 Å². The number of ether oxygens (including phenoxy) is 1. The maximum Gasteiger partial charge on any atom is 0.308 e. The molecule has 0 aliphatic carbocycles. The van der Waals surface area contributed by atoms with Gasteiger partial charge in [0.1, 0.15) is 0 Å². The standard InChI is InChI=1S/C23H27Cl2N3O3S/c1-15(28-7-6-20-17(14-28)13-22(32-20)31-16(2)29)12-21(30)27-10-8-26(9-11-27)19-5-3-4-18(24)23(19)25/h3-5,13,15H,6-12,14H2,1-2H3. The van der Waals surface area contributed by atoms with Gasteiger partial charge in [0.2, 0.25) is 5.91 Å². The van der Waals surface area contributed by atoms with Gasteiger partial charge in [-0.05, 0) is 37.1 Å². The van der Waals surface area contributed by atoms with Crippen LogP contribution in [0.15, 0.2) is 24.3 Å². The SMILES string of the molecule is CC(=O)Oc1cc2c(s1)CCN(C(C)CC(=O)N1CCN(c3cccc(Cl)c3Cl)CC1)C2.